The highest BCUT2D eigenvalue weighted by Gasteiger charge is 2.05. The topological polar surface area (TPSA) is 35.2 Å². The summed E-state index contributed by atoms with van der Waals surface area (Å²) in [6.07, 6.45) is 0. The van der Waals surface area contributed by atoms with Crippen LogP contribution in [0.15, 0.2) is 42.5 Å². The van der Waals surface area contributed by atoms with Crippen LogP contribution in [0.4, 0.5) is 10.1 Å². The van der Waals surface area contributed by atoms with Gasteiger partial charge in [-0.05, 0) is 29.8 Å². The van der Waals surface area contributed by atoms with Gasteiger partial charge in [-0.25, -0.2) is 4.39 Å². The first-order valence-electron chi connectivity index (χ1n) is 4.90. The van der Waals surface area contributed by atoms with Crippen LogP contribution in [-0.2, 0) is 0 Å². The van der Waals surface area contributed by atoms with Gasteiger partial charge in [0, 0.05) is 17.3 Å². The molecule has 4 heteroatoms. The fourth-order valence-electron chi connectivity index (χ4n) is 1.58. The van der Waals surface area contributed by atoms with Gasteiger partial charge in [0.2, 0.25) is 0 Å². The molecule has 0 atom stereocenters. The third-order valence-electron chi connectivity index (χ3n) is 2.38. The van der Waals surface area contributed by atoms with Gasteiger partial charge in [-0.2, -0.15) is 0 Å². The van der Waals surface area contributed by atoms with E-state index in [0.717, 1.165) is 11.1 Å². The van der Waals surface area contributed by atoms with Gasteiger partial charge in [-0.15, -0.1) is 12.4 Å². The molecule has 0 aliphatic carbocycles. The largest absolute Gasteiger partial charge is 0.496 e. The predicted molar refractivity (Wildman–Crippen MR) is 70.0 cm³/mol. The molecule has 0 aromatic heterocycles. The number of benzene rings is 2. The zero-order chi connectivity index (χ0) is 11.5. The van der Waals surface area contributed by atoms with Gasteiger partial charge >= 0.3 is 0 Å². The van der Waals surface area contributed by atoms with E-state index in [1.807, 2.05) is 6.07 Å². The number of halogens is 2. The van der Waals surface area contributed by atoms with Crippen LogP contribution in [0, 0.1) is 5.82 Å². The molecular weight excluding hydrogens is 241 g/mol. The fraction of sp³-hybridized carbons (Fsp3) is 0.0769. The second kappa shape index (κ2) is 5.55. The summed E-state index contributed by atoms with van der Waals surface area (Å²) < 4.78 is 18.0. The van der Waals surface area contributed by atoms with Gasteiger partial charge in [0.1, 0.15) is 11.6 Å². The predicted octanol–water partition coefficient (Wildman–Crippen LogP) is 3.51. The first-order chi connectivity index (χ1) is 7.70. The molecule has 0 aliphatic rings. The Kier molecular flexibility index (Phi) is 4.35. The third kappa shape index (κ3) is 2.88. The van der Waals surface area contributed by atoms with Gasteiger partial charge in [0.15, 0.2) is 0 Å². The van der Waals surface area contributed by atoms with Gasteiger partial charge in [0.05, 0.1) is 7.11 Å². The van der Waals surface area contributed by atoms with E-state index in [0.29, 0.717) is 11.4 Å². The Hall–Kier alpha value is -1.74. The summed E-state index contributed by atoms with van der Waals surface area (Å²) in [5, 5.41) is 0. The summed E-state index contributed by atoms with van der Waals surface area (Å²) in [6, 6.07) is 11.7. The van der Waals surface area contributed by atoms with Gasteiger partial charge in [-0.3, -0.25) is 0 Å². The van der Waals surface area contributed by atoms with Crippen molar-refractivity contribution in [2.24, 2.45) is 0 Å². The maximum atomic E-state index is 12.8. The second-order valence-electron chi connectivity index (χ2n) is 3.47. The lowest BCUT2D eigenvalue weighted by atomic mass is 10.0. The van der Waals surface area contributed by atoms with E-state index in [1.54, 1.807) is 31.4 Å². The average Bonchev–Trinajstić information content (AvgIpc) is 2.30. The van der Waals surface area contributed by atoms with Gasteiger partial charge in [0.25, 0.3) is 0 Å². The van der Waals surface area contributed by atoms with Crippen LogP contribution < -0.4 is 10.5 Å². The van der Waals surface area contributed by atoms with Crippen molar-refractivity contribution >= 4 is 18.1 Å². The molecule has 0 spiro atoms. The number of nitrogen functional groups attached to an aromatic ring is 1. The molecule has 0 fully saturated rings. The highest BCUT2D eigenvalue weighted by Crippen LogP contribution is 2.31. The first kappa shape index (κ1) is 13.3. The van der Waals surface area contributed by atoms with E-state index in [9.17, 15) is 4.39 Å². The maximum absolute atomic E-state index is 12.8. The van der Waals surface area contributed by atoms with E-state index in [-0.39, 0.29) is 18.2 Å². The minimum atomic E-state index is -0.252. The van der Waals surface area contributed by atoms with Crippen LogP contribution >= 0.6 is 12.4 Å². The molecule has 2 aromatic carbocycles. The molecule has 0 saturated carbocycles. The van der Waals surface area contributed by atoms with Crippen molar-refractivity contribution < 1.29 is 9.13 Å². The molecule has 0 aliphatic heterocycles. The van der Waals surface area contributed by atoms with Crippen molar-refractivity contribution in [1.29, 1.82) is 0 Å². The highest BCUT2D eigenvalue weighted by atomic mass is 35.5. The van der Waals surface area contributed by atoms with Crippen LogP contribution in [0.2, 0.25) is 0 Å². The van der Waals surface area contributed by atoms with Crippen molar-refractivity contribution in [3.63, 3.8) is 0 Å². The van der Waals surface area contributed by atoms with Crippen molar-refractivity contribution in [3.8, 4) is 16.9 Å². The first-order valence-corrected chi connectivity index (χ1v) is 4.90. The van der Waals surface area contributed by atoms with Crippen LogP contribution in [-0.4, -0.2) is 7.11 Å². The van der Waals surface area contributed by atoms with Crippen LogP contribution in [0.25, 0.3) is 11.1 Å². The highest BCUT2D eigenvalue weighted by molar-refractivity contribution is 5.85. The molecule has 2 rings (SSSR count). The van der Waals surface area contributed by atoms with E-state index >= 15 is 0 Å². The Morgan fingerprint density at radius 3 is 2.29 bits per heavy atom. The molecule has 0 saturated heterocycles. The summed E-state index contributed by atoms with van der Waals surface area (Å²) in [5.41, 5.74) is 8.11. The van der Waals surface area contributed by atoms with Crippen molar-refractivity contribution in [3.05, 3.63) is 48.3 Å². The summed E-state index contributed by atoms with van der Waals surface area (Å²) in [5.74, 6) is 0.435. The van der Waals surface area contributed by atoms with E-state index in [1.165, 1.54) is 12.1 Å². The molecule has 17 heavy (non-hydrogen) atoms. The molecule has 90 valence electrons. The molecule has 2 nitrogen and oxygen atoms in total. The molecule has 0 heterocycles. The smallest absolute Gasteiger partial charge is 0.128 e. The lowest BCUT2D eigenvalue weighted by Gasteiger charge is -2.09. The number of rotatable bonds is 2. The van der Waals surface area contributed by atoms with Crippen molar-refractivity contribution in [2.75, 3.05) is 12.8 Å². The third-order valence-corrected chi connectivity index (χ3v) is 2.38. The Balaban J connectivity index is 0.00000144. The Morgan fingerprint density at radius 2 is 1.71 bits per heavy atom. The van der Waals surface area contributed by atoms with Crippen molar-refractivity contribution in [1.82, 2.24) is 0 Å². The molecule has 0 amide bonds. The van der Waals surface area contributed by atoms with Crippen molar-refractivity contribution in [2.45, 2.75) is 0 Å². The summed E-state index contributed by atoms with van der Waals surface area (Å²) in [6.45, 7) is 0. The SMILES string of the molecule is COc1cc(N)ccc1-c1ccc(F)cc1.Cl. The molecular formula is C13H13ClFNO. The minimum Gasteiger partial charge on any atom is -0.496 e. The number of hydrogen-bond donors (Lipinski definition) is 1. The summed E-state index contributed by atoms with van der Waals surface area (Å²) in [4.78, 5) is 0. The van der Waals surface area contributed by atoms with E-state index in [4.69, 9.17) is 10.5 Å². The Labute approximate surface area is 106 Å². The number of methoxy groups -OCH3 is 1. The Morgan fingerprint density at radius 1 is 1.06 bits per heavy atom. The van der Waals surface area contributed by atoms with Gasteiger partial charge < -0.3 is 10.5 Å². The average molecular weight is 254 g/mol. The molecule has 0 unspecified atom stereocenters. The monoisotopic (exact) mass is 253 g/mol. The van der Waals surface area contributed by atoms with E-state index in [2.05, 4.69) is 0 Å². The molecule has 2 N–H and O–H groups in total. The van der Waals surface area contributed by atoms with Crippen LogP contribution in [0.1, 0.15) is 0 Å². The number of anilines is 1. The maximum Gasteiger partial charge on any atom is 0.128 e. The minimum absolute atomic E-state index is 0. The second-order valence-corrected chi connectivity index (χ2v) is 3.47. The number of hydrogen-bond acceptors (Lipinski definition) is 2. The molecule has 2 aromatic rings. The van der Waals surface area contributed by atoms with Crippen LogP contribution in [0.3, 0.4) is 0 Å². The van der Waals surface area contributed by atoms with Crippen LogP contribution in [0.5, 0.6) is 5.75 Å². The zero-order valence-corrected chi connectivity index (χ0v) is 10.1. The number of ether oxygens (including phenoxy) is 1. The zero-order valence-electron chi connectivity index (χ0n) is 9.31. The Bertz CT molecular complexity index is 499. The molecule has 0 bridgehead atoms. The lowest BCUT2D eigenvalue weighted by Crippen LogP contribution is -1.91. The van der Waals surface area contributed by atoms with Gasteiger partial charge in [-0.1, -0.05) is 12.1 Å². The summed E-state index contributed by atoms with van der Waals surface area (Å²) >= 11 is 0. The molecule has 0 radical (unpaired) electrons. The number of nitrogens with two attached hydrogens (primary N) is 1. The fourth-order valence-corrected chi connectivity index (χ4v) is 1.58. The quantitative estimate of drug-likeness (QED) is 0.832. The lowest BCUT2D eigenvalue weighted by molar-refractivity contribution is 0.416. The standard InChI is InChI=1S/C13H12FNO.ClH/c1-16-13-8-11(15)6-7-12(13)9-2-4-10(14)5-3-9;/h2-8H,15H2,1H3;1H. The summed E-state index contributed by atoms with van der Waals surface area (Å²) in [7, 11) is 1.59. The normalized spacial score (nSPS) is 9.53. The van der Waals surface area contributed by atoms with E-state index < -0.39 is 0 Å².